The lowest BCUT2D eigenvalue weighted by molar-refractivity contribution is 0.376. The van der Waals surface area contributed by atoms with Crippen LogP contribution in [0.5, 0.6) is 0 Å². The third-order valence-corrected chi connectivity index (χ3v) is 4.73. The van der Waals surface area contributed by atoms with Crippen LogP contribution in [0.4, 0.5) is 4.39 Å². The van der Waals surface area contributed by atoms with Crippen molar-refractivity contribution in [3.63, 3.8) is 0 Å². The highest BCUT2D eigenvalue weighted by Crippen LogP contribution is 2.18. The van der Waals surface area contributed by atoms with E-state index in [1.807, 2.05) is 0 Å². The lowest BCUT2D eigenvalue weighted by Crippen LogP contribution is -2.38. The maximum absolute atomic E-state index is 13.2. The topological polar surface area (TPSA) is 58.2 Å². The zero-order valence-electron chi connectivity index (χ0n) is 10.7. The molecule has 4 nitrogen and oxygen atoms in total. The Morgan fingerprint density at radius 1 is 1.40 bits per heavy atom. The molecule has 1 atom stereocenters. The van der Waals surface area contributed by atoms with Crippen LogP contribution in [0.25, 0.3) is 0 Å². The molecule has 0 spiro atoms. The third-order valence-electron chi connectivity index (χ3n) is 3.11. The highest BCUT2D eigenvalue weighted by Gasteiger charge is 2.19. The van der Waals surface area contributed by atoms with Gasteiger partial charge in [-0.1, -0.05) is 11.6 Å². The first-order valence-electron chi connectivity index (χ1n) is 6.14. The number of piperidine rings is 1. The molecule has 0 amide bonds. The molecule has 0 aromatic heterocycles. The molecule has 1 heterocycles. The van der Waals surface area contributed by atoms with Crippen molar-refractivity contribution < 1.29 is 12.8 Å². The lowest BCUT2D eigenvalue weighted by Gasteiger charge is -2.22. The van der Waals surface area contributed by atoms with E-state index in [1.165, 1.54) is 6.07 Å². The second kappa shape index (κ2) is 7.56. The molecule has 0 bridgehead atoms. The number of nitrogens with one attached hydrogen (secondary N) is 2. The number of sulfonamides is 1. The number of halogens is 3. The maximum atomic E-state index is 13.2. The molecule has 114 valence electrons. The summed E-state index contributed by atoms with van der Waals surface area (Å²) in [6, 6.07) is 3.28. The molecule has 1 aliphatic rings. The first kappa shape index (κ1) is 17.7. The summed E-state index contributed by atoms with van der Waals surface area (Å²) in [5.41, 5.74) is 0. The first-order valence-corrected chi connectivity index (χ1v) is 8.00. The van der Waals surface area contributed by atoms with Gasteiger partial charge >= 0.3 is 0 Å². The van der Waals surface area contributed by atoms with Gasteiger partial charge in [0.05, 0.1) is 4.90 Å². The summed E-state index contributed by atoms with van der Waals surface area (Å²) in [5.74, 6) is -0.389. The molecule has 1 saturated heterocycles. The number of hydrogen-bond acceptors (Lipinski definition) is 3. The molecule has 1 fully saturated rings. The van der Waals surface area contributed by atoms with Gasteiger partial charge in [-0.15, -0.1) is 12.4 Å². The third kappa shape index (κ3) is 4.86. The second-order valence-electron chi connectivity index (χ2n) is 4.67. The Balaban J connectivity index is 0.00000200. The van der Waals surface area contributed by atoms with Gasteiger partial charge in [0.15, 0.2) is 0 Å². The van der Waals surface area contributed by atoms with Crippen molar-refractivity contribution in [1.82, 2.24) is 10.0 Å². The minimum absolute atomic E-state index is 0. The van der Waals surface area contributed by atoms with Gasteiger partial charge in [0, 0.05) is 11.6 Å². The highest BCUT2D eigenvalue weighted by molar-refractivity contribution is 7.89. The molecule has 8 heteroatoms. The molecule has 1 aliphatic heterocycles. The zero-order chi connectivity index (χ0) is 13.9. The molecule has 0 radical (unpaired) electrons. The van der Waals surface area contributed by atoms with E-state index < -0.39 is 15.8 Å². The van der Waals surface area contributed by atoms with Crippen molar-refractivity contribution >= 4 is 34.0 Å². The van der Waals surface area contributed by atoms with Crippen molar-refractivity contribution in [2.24, 2.45) is 5.92 Å². The van der Waals surface area contributed by atoms with E-state index in [4.69, 9.17) is 11.6 Å². The van der Waals surface area contributed by atoms with E-state index in [0.717, 1.165) is 38.1 Å². The number of benzene rings is 1. The van der Waals surface area contributed by atoms with Gasteiger partial charge in [0.25, 0.3) is 0 Å². The molecule has 2 N–H and O–H groups in total. The predicted molar refractivity (Wildman–Crippen MR) is 79.4 cm³/mol. The van der Waals surface area contributed by atoms with Crippen molar-refractivity contribution in [1.29, 1.82) is 0 Å². The van der Waals surface area contributed by atoms with E-state index in [1.54, 1.807) is 0 Å². The van der Waals surface area contributed by atoms with Crippen molar-refractivity contribution in [2.45, 2.75) is 17.7 Å². The monoisotopic (exact) mass is 342 g/mol. The SMILES string of the molecule is Cl.O=S(=O)(NCC1CCCNC1)c1cc(F)cc(Cl)c1. The van der Waals surface area contributed by atoms with Crippen LogP contribution in [0, 0.1) is 11.7 Å². The van der Waals surface area contributed by atoms with E-state index in [-0.39, 0.29) is 28.2 Å². The summed E-state index contributed by atoms with van der Waals surface area (Å²) < 4.78 is 39.7. The minimum atomic E-state index is -3.71. The fourth-order valence-electron chi connectivity index (χ4n) is 2.09. The minimum Gasteiger partial charge on any atom is -0.316 e. The van der Waals surface area contributed by atoms with E-state index >= 15 is 0 Å². The number of rotatable bonds is 4. The Morgan fingerprint density at radius 2 is 2.15 bits per heavy atom. The van der Waals surface area contributed by atoms with Crippen LogP contribution < -0.4 is 10.0 Å². The van der Waals surface area contributed by atoms with Gasteiger partial charge in [0.1, 0.15) is 5.82 Å². The first-order chi connectivity index (χ1) is 8.97. The fraction of sp³-hybridized carbons (Fsp3) is 0.500. The van der Waals surface area contributed by atoms with Crippen LogP contribution in [0.15, 0.2) is 23.1 Å². The van der Waals surface area contributed by atoms with Crippen LogP contribution in [-0.2, 0) is 10.0 Å². The molecule has 20 heavy (non-hydrogen) atoms. The Kier molecular flexibility index (Phi) is 6.68. The Morgan fingerprint density at radius 3 is 2.75 bits per heavy atom. The molecule has 1 unspecified atom stereocenters. The largest absolute Gasteiger partial charge is 0.316 e. The summed E-state index contributed by atoms with van der Waals surface area (Å²) in [6.07, 6.45) is 2.03. The molecule has 2 rings (SSSR count). The predicted octanol–water partition coefficient (Wildman–Crippen LogP) is 2.18. The molecule has 1 aromatic rings. The van der Waals surface area contributed by atoms with Crippen LogP contribution >= 0.6 is 24.0 Å². The average molecular weight is 343 g/mol. The second-order valence-corrected chi connectivity index (χ2v) is 6.87. The molecule has 0 saturated carbocycles. The standard InChI is InChI=1S/C12H16ClFN2O2S.ClH/c13-10-4-11(14)6-12(5-10)19(17,18)16-8-9-2-1-3-15-7-9;/h4-6,9,15-16H,1-3,7-8H2;1H. The summed E-state index contributed by atoms with van der Waals surface area (Å²) in [7, 11) is -3.71. The van der Waals surface area contributed by atoms with E-state index in [2.05, 4.69) is 10.0 Å². The molecule has 1 aromatic carbocycles. The van der Waals surface area contributed by atoms with E-state index in [9.17, 15) is 12.8 Å². The zero-order valence-corrected chi connectivity index (χ0v) is 13.1. The van der Waals surface area contributed by atoms with Gasteiger partial charge in [-0.2, -0.15) is 0 Å². The number of hydrogen-bond donors (Lipinski definition) is 2. The van der Waals surface area contributed by atoms with E-state index in [0.29, 0.717) is 6.54 Å². The summed E-state index contributed by atoms with van der Waals surface area (Å²) in [5, 5.41) is 3.28. The summed E-state index contributed by atoms with van der Waals surface area (Å²) >= 11 is 5.66. The molecular formula is C12H17Cl2FN2O2S. The van der Waals surface area contributed by atoms with Gasteiger partial charge < -0.3 is 5.32 Å². The molecule has 0 aliphatic carbocycles. The average Bonchev–Trinajstić information content (AvgIpc) is 2.37. The fourth-order valence-corrected chi connectivity index (χ4v) is 3.55. The smallest absolute Gasteiger partial charge is 0.240 e. The maximum Gasteiger partial charge on any atom is 0.240 e. The Hall–Kier alpha value is -0.400. The molecular weight excluding hydrogens is 326 g/mol. The van der Waals surface area contributed by atoms with Crippen LogP contribution in [0.1, 0.15) is 12.8 Å². The summed E-state index contributed by atoms with van der Waals surface area (Å²) in [6.45, 7) is 2.12. The van der Waals surface area contributed by atoms with Gasteiger partial charge in [-0.25, -0.2) is 17.5 Å². The van der Waals surface area contributed by atoms with Gasteiger partial charge in [0.2, 0.25) is 10.0 Å². The van der Waals surface area contributed by atoms with Crippen molar-refractivity contribution in [3.05, 3.63) is 29.0 Å². The van der Waals surface area contributed by atoms with Crippen LogP contribution in [0.3, 0.4) is 0 Å². The van der Waals surface area contributed by atoms with Gasteiger partial charge in [-0.3, -0.25) is 0 Å². The Labute approximate surface area is 129 Å². The lowest BCUT2D eigenvalue weighted by atomic mass is 10.0. The van der Waals surface area contributed by atoms with Crippen molar-refractivity contribution in [3.8, 4) is 0 Å². The van der Waals surface area contributed by atoms with Gasteiger partial charge in [-0.05, 0) is 50.0 Å². The quantitative estimate of drug-likeness (QED) is 0.881. The summed E-state index contributed by atoms with van der Waals surface area (Å²) in [4.78, 5) is -0.138. The highest BCUT2D eigenvalue weighted by atomic mass is 35.5. The van der Waals surface area contributed by atoms with Crippen molar-refractivity contribution in [2.75, 3.05) is 19.6 Å². The Bertz CT molecular complexity index is 528. The van der Waals surface area contributed by atoms with Crippen LogP contribution in [0.2, 0.25) is 5.02 Å². The van der Waals surface area contributed by atoms with Crippen LogP contribution in [-0.4, -0.2) is 28.1 Å². The normalized spacial score (nSPS) is 19.4.